The van der Waals surface area contributed by atoms with E-state index in [1.165, 1.54) is 0 Å². The fourth-order valence-corrected chi connectivity index (χ4v) is 4.62. The van der Waals surface area contributed by atoms with E-state index in [2.05, 4.69) is 34.7 Å². The van der Waals surface area contributed by atoms with Gasteiger partial charge in [-0.25, -0.2) is 0 Å². The number of carbonyl (C=O) groups is 1. The lowest BCUT2D eigenvalue weighted by atomic mass is 9.98. The maximum atomic E-state index is 13.5. The largest absolute Gasteiger partial charge is 0.450 e. The van der Waals surface area contributed by atoms with E-state index < -0.39 is 6.04 Å². The van der Waals surface area contributed by atoms with Crippen molar-refractivity contribution in [3.05, 3.63) is 79.1 Å². The average Bonchev–Trinajstić information content (AvgIpc) is 3.02. The fourth-order valence-electron chi connectivity index (χ4n) is 4.04. The molecule has 4 rings (SSSR count). The third kappa shape index (κ3) is 3.68. The molecule has 1 unspecified atom stereocenters. The third-order valence-electron chi connectivity index (χ3n) is 5.64. The smallest absolute Gasteiger partial charge is 0.290 e. The van der Waals surface area contributed by atoms with Crippen molar-refractivity contribution >= 4 is 44.4 Å². The number of hydrogen-bond donors (Lipinski definition) is 0. The highest BCUT2D eigenvalue weighted by Crippen LogP contribution is 2.38. The molecule has 0 N–H and O–H groups in total. The van der Waals surface area contributed by atoms with Crippen molar-refractivity contribution in [3.8, 4) is 0 Å². The molecule has 1 aromatic heterocycles. The molecule has 5 nitrogen and oxygen atoms in total. The van der Waals surface area contributed by atoms with Crippen molar-refractivity contribution in [2.75, 3.05) is 26.2 Å². The van der Waals surface area contributed by atoms with E-state index in [9.17, 15) is 9.59 Å². The minimum Gasteiger partial charge on any atom is -0.450 e. The first-order chi connectivity index (χ1) is 14.4. The van der Waals surface area contributed by atoms with Crippen molar-refractivity contribution in [3.63, 3.8) is 0 Å². The maximum absolute atomic E-state index is 13.5. The van der Waals surface area contributed by atoms with E-state index >= 15 is 0 Å². The molecule has 0 saturated carbocycles. The van der Waals surface area contributed by atoms with Crippen molar-refractivity contribution in [2.45, 2.75) is 19.9 Å². The predicted octanol–water partition coefficient (Wildman–Crippen LogP) is 5.10. The molecule has 2 heterocycles. The van der Waals surface area contributed by atoms with Crippen LogP contribution in [-0.2, 0) is 0 Å². The molecule has 0 saturated heterocycles. The van der Waals surface area contributed by atoms with E-state index in [0.717, 1.165) is 29.7 Å². The van der Waals surface area contributed by atoms with Crippen LogP contribution in [0.4, 0.5) is 0 Å². The molecule has 1 amide bonds. The summed E-state index contributed by atoms with van der Waals surface area (Å²) in [4.78, 5) is 30.8. The second-order valence-corrected chi connectivity index (χ2v) is 8.65. The second-order valence-electron chi connectivity index (χ2n) is 7.30. The lowest BCUT2D eigenvalue weighted by Gasteiger charge is -2.28. The molecule has 1 atom stereocenters. The third-order valence-corrected chi connectivity index (χ3v) is 6.37. The van der Waals surface area contributed by atoms with Gasteiger partial charge in [0.25, 0.3) is 5.91 Å². The number of nitrogens with zero attached hydrogens (tertiary/aromatic N) is 2. The molecule has 30 heavy (non-hydrogen) atoms. The van der Waals surface area contributed by atoms with Crippen molar-refractivity contribution in [2.24, 2.45) is 0 Å². The Morgan fingerprint density at radius 2 is 1.90 bits per heavy atom. The Hall–Kier alpha value is -2.15. The minimum absolute atomic E-state index is 0.124. The van der Waals surface area contributed by atoms with Gasteiger partial charge in [0.1, 0.15) is 5.58 Å². The van der Waals surface area contributed by atoms with Gasteiger partial charge in [-0.15, -0.1) is 0 Å². The van der Waals surface area contributed by atoms with Gasteiger partial charge in [0.2, 0.25) is 5.76 Å². The zero-order valence-corrected chi connectivity index (χ0v) is 19.2. The molecule has 0 bridgehead atoms. The Labute approximate surface area is 188 Å². The molecule has 0 radical (unpaired) electrons. The zero-order valence-electron chi connectivity index (χ0n) is 16.8. The normalized spacial score (nSPS) is 16.0. The summed E-state index contributed by atoms with van der Waals surface area (Å²) in [6.45, 7) is 7.20. The Morgan fingerprint density at radius 3 is 2.60 bits per heavy atom. The molecule has 3 aromatic rings. The topological polar surface area (TPSA) is 53.8 Å². The monoisotopic (exact) mass is 488 g/mol. The van der Waals surface area contributed by atoms with E-state index in [4.69, 9.17) is 16.0 Å². The Balaban J connectivity index is 1.89. The molecule has 1 aliphatic rings. The summed E-state index contributed by atoms with van der Waals surface area (Å²) in [5.74, 6) is -0.129. The van der Waals surface area contributed by atoms with E-state index in [0.29, 0.717) is 28.1 Å². The molecule has 1 aliphatic heterocycles. The zero-order chi connectivity index (χ0) is 21.4. The summed E-state index contributed by atoms with van der Waals surface area (Å²) < 4.78 is 6.84. The number of likely N-dealkylation sites (N-methyl/N-ethyl adjacent to an activating group) is 1. The molecule has 7 heteroatoms. The van der Waals surface area contributed by atoms with Crippen LogP contribution in [0, 0.1) is 0 Å². The average molecular weight is 490 g/mol. The van der Waals surface area contributed by atoms with Crippen LogP contribution in [0.15, 0.2) is 56.1 Å². The number of benzene rings is 2. The lowest BCUT2D eigenvalue weighted by Crippen LogP contribution is -2.37. The second kappa shape index (κ2) is 8.53. The number of fused-ring (bicyclic) bond motifs is 2. The van der Waals surface area contributed by atoms with Gasteiger partial charge in [-0.1, -0.05) is 53.5 Å². The van der Waals surface area contributed by atoms with Crippen LogP contribution in [0.2, 0.25) is 5.02 Å². The Bertz CT molecular complexity index is 1170. The standard InChI is InChI=1S/C23H22BrClN2O3/c1-3-26(4-2)10-11-27-20(14-6-5-7-15(24)12-14)19-21(28)17-13-16(25)8-9-18(17)30-22(19)23(27)29/h5-9,12-13,20H,3-4,10-11H2,1-2H3. The molecule has 156 valence electrons. The van der Waals surface area contributed by atoms with Crippen LogP contribution in [0.25, 0.3) is 11.0 Å². The molecular formula is C23H22BrClN2O3. The number of carbonyl (C=O) groups excluding carboxylic acids is 1. The molecule has 2 aromatic carbocycles. The van der Waals surface area contributed by atoms with Gasteiger partial charge >= 0.3 is 0 Å². The van der Waals surface area contributed by atoms with Gasteiger partial charge in [-0.2, -0.15) is 0 Å². The van der Waals surface area contributed by atoms with Crippen LogP contribution in [0.1, 0.15) is 41.6 Å². The van der Waals surface area contributed by atoms with Crippen LogP contribution in [-0.4, -0.2) is 41.9 Å². The SMILES string of the molecule is CCN(CC)CCN1C(=O)c2oc3ccc(Cl)cc3c(=O)c2C1c1cccc(Br)c1. The van der Waals surface area contributed by atoms with Crippen molar-refractivity contribution in [1.82, 2.24) is 9.80 Å². The van der Waals surface area contributed by atoms with Gasteiger partial charge in [-0.05, 0) is 49.0 Å². The van der Waals surface area contributed by atoms with Gasteiger partial charge in [0.05, 0.1) is 17.0 Å². The van der Waals surface area contributed by atoms with E-state index in [1.54, 1.807) is 23.1 Å². The van der Waals surface area contributed by atoms with E-state index in [-0.39, 0.29) is 17.1 Å². The highest BCUT2D eigenvalue weighted by atomic mass is 79.9. The van der Waals surface area contributed by atoms with Crippen molar-refractivity contribution in [1.29, 1.82) is 0 Å². The molecule has 0 aliphatic carbocycles. The molecular weight excluding hydrogens is 468 g/mol. The first kappa shape index (κ1) is 21.1. The lowest BCUT2D eigenvalue weighted by molar-refractivity contribution is 0.0708. The first-order valence-electron chi connectivity index (χ1n) is 9.99. The fraction of sp³-hybridized carbons (Fsp3) is 0.304. The van der Waals surface area contributed by atoms with Crippen LogP contribution in [0.5, 0.6) is 0 Å². The number of rotatable bonds is 6. The molecule has 0 fully saturated rings. The highest BCUT2D eigenvalue weighted by Gasteiger charge is 2.42. The minimum atomic E-state index is -0.500. The summed E-state index contributed by atoms with van der Waals surface area (Å²) >= 11 is 9.63. The van der Waals surface area contributed by atoms with Gasteiger partial charge in [0, 0.05) is 22.6 Å². The van der Waals surface area contributed by atoms with Gasteiger partial charge in [0.15, 0.2) is 5.43 Å². The van der Waals surface area contributed by atoms with Gasteiger partial charge < -0.3 is 14.2 Å². The van der Waals surface area contributed by atoms with Crippen LogP contribution >= 0.6 is 27.5 Å². The Kier molecular flexibility index (Phi) is 6.00. The summed E-state index contributed by atoms with van der Waals surface area (Å²) in [7, 11) is 0. The highest BCUT2D eigenvalue weighted by molar-refractivity contribution is 9.10. The molecule has 0 spiro atoms. The Morgan fingerprint density at radius 1 is 1.13 bits per heavy atom. The maximum Gasteiger partial charge on any atom is 0.290 e. The summed E-state index contributed by atoms with van der Waals surface area (Å²) in [6, 6.07) is 12.1. The summed E-state index contributed by atoms with van der Waals surface area (Å²) in [5, 5.41) is 0.844. The number of hydrogen-bond acceptors (Lipinski definition) is 4. The predicted molar refractivity (Wildman–Crippen MR) is 122 cm³/mol. The first-order valence-corrected chi connectivity index (χ1v) is 11.2. The van der Waals surface area contributed by atoms with Crippen molar-refractivity contribution < 1.29 is 9.21 Å². The van der Waals surface area contributed by atoms with E-state index in [1.807, 2.05) is 24.3 Å². The number of halogens is 2. The van der Waals surface area contributed by atoms with Crippen LogP contribution in [0.3, 0.4) is 0 Å². The van der Waals surface area contributed by atoms with Crippen LogP contribution < -0.4 is 5.43 Å². The quantitative estimate of drug-likeness (QED) is 0.484. The van der Waals surface area contributed by atoms with Gasteiger partial charge in [-0.3, -0.25) is 9.59 Å². The summed E-state index contributed by atoms with van der Waals surface area (Å²) in [5.41, 5.74) is 1.41. The summed E-state index contributed by atoms with van der Waals surface area (Å²) in [6.07, 6.45) is 0. The number of amides is 1.